The molecule has 1 unspecified atom stereocenters. The van der Waals surface area contributed by atoms with Gasteiger partial charge in [-0.2, -0.15) is 0 Å². The minimum atomic E-state index is 0.0866. The second-order valence-corrected chi connectivity index (χ2v) is 5.17. The maximum atomic E-state index is 11.7. The van der Waals surface area contributed by atoms with Crippen LogP contribution in [0.5, 0.6) is 0 Å². The number of likely N-dealkylation sites (N-methyl/N-ethyl adjacent to an activating group) is 1. The molecule has 1 fully saturated rings. The van der Waals surface area contributed by atoms with Gasteiger partial charge in [-0.15, -0.1) is 11.6 Å². The Labute approximate surface area is 104 Å². The number of amides is 1. The molecular weight excluding hydrogens is 224 g/mol. The fraction of sp³-hybridized carbons (Fsp3) is 0.917. The molecule has 1 rings (SSSR count). The highest BCUT2D eigenvalue weighted by Gasteiger charge is 2.27. The largest absolute Gasteiger partial charge is 0.337 e. The topological polar surface area (TPSA) is 23.6 Å². The van der Waals surface area contributed by atoms with Crippen LogP contribution < -0.4 is 0 Å². The number of carbonyl (C=O) groups is 1. The minimum Gasteiger partial charge on any atom is -0.337 e. The molecule has 0 aromatic heterocycles. The average molecular weight is 247 g/mol. The van der Waals surface area contributed by atoms with Crippen LogP contribution in [0, 0.1) is 0 Å². The molecule has 0 aliphatic carbocycles. The van der Waals surface area contributed by atoms with Crippen molar-refractivity contribution in [3.63, 3.8) is 0 Å². The Morgan fingerprint density at radius 1 is 1.50 bits per heavy atom. The van der Waals surface area contributed by atoms with Crippen molar-refractivity contribution >= 4 is 17.5 Å². The molecule has 1 aliphatic heterocycles. The smallest absolute Gasteiger partial charge is 0.237 e. The van der Waals surface area contributed by atoms with Crippen molar-refractivity contribution < 1.29 is 4.79 Å². The van der Waals surface area contributed by atoms with Gasteiger partial charge in [-0.05, 0) is 40.2 Å². The van der Waals surface area contributed by atoms with Crippen LogP contribution in [0.25, 0.3) is 0 Å². The summed E-state index contributed by atoms with van der Waals surface area (Å²) in [6.07, 6.45) is 3.45. The van der Waals surface area contributed by atoms with Crippen molar-refractivity contribution in [3.05, 3.63) is 0 Å². The lowest BCUT2D eigenvalue weighted by atomic mass is 10.0. The van der Waals surface area contributed by atoms with E-state index in [-0.39, 0.29) is 11.8 Å². The lowest BCUT2D eigenvalue weighted by Gasteiger charge is -2.38. The third-order valence-electron chi connectivity index (χ3n) is 3.44. The van der Waals surface area contributed by atoms with Crippen molar-refractivity contribution in [1.29, 1.82) is 0 Å². The van der Waals surface area contributed by atoms with E-state index in [0.29, 0.717) is 12.1 Å². The van der Waals surface area contributed by atoms with Gasteiger partial charge in [0, 0.05) is 25.2 Å². The average Bonchev–Trinajstić information content (AvgIpc) is 2.28. The van der Waals surface area contributed by atoms with Gasteiger partial charge in [-0.3, -0.25) is 4.79 Å². The molecule has 94 valence electrons. The zero-order chi connectivity index (χ0) is 12.1. The van der Waals surface area contributed by atoms with Crippen LogP contribution in [0.1, 0.15) is 33.1 Å². The predicted molar refractivity (Wildman–Crippen MR) is 67.8 cm³/mol. The third kappa shape index (κ3) is 3.63. The highest BCUT2D eigenvalue weighted by atomic mass is 35.5. The molecule has 0 aromatic carbocycles. The van der Waals surface area contributed by atoms with Gasteiger partial charge >= 0.3 is 0 Å². The zero-order valence-corrected chi connectivity index (χ0v) is 11.3. The Morgan fingerprint density at radius 2 is 2.19 bits per heavy atom. The lowest BCUT2D eigenvalue weighted by Crippen LogP contribution is -2.50. The summed E-state index contributed by atoms with van der Waals surface area (Å²) in [6, 6.07) is 0.877. The second kappa shape index (κ2) is 6.45. The zero-order valence-electron chi connectivity index (χ0n) is 10.6. The molecule has 1 saturated heterocycles. The number of hydrogen-bond acceptors (Lipinski definition) is 2. The first-order chi connectivity index (χ1) is 7.56. The van der Waals surface area contributed by atoms with E-state index in [1.807, 2.05) is 4.90 Å². The van der Waals surface area contributed by atoms with Gasteiger partial charge in [-0.1, -0.05) is 0 Å². The van der Waals surface area contributed by atoms with Gasteiger partial charge in [0.1, 0.15) is 5.88 Å². The quantitative estimate of drug-likeness (QED) is 0.708. The van der Waals surface area contributed by atoms with Gasteiger partial charge in [-0.25, -0.2) is 0 Å². The van der Waals surface area contributed by atoms with Crippen LogP contribution in [-0.2, 0) is 4.79 Å². The Morgan fingerprint density at radius 3 is 2.75 bits per heavy atom. The normalized spacial score (nSPS) is 21.9. The molecule has 0 bridgehead atoms. The molecule has 1 amide bonds. The lowest BCUT2D eigenvalue weighted by molar-refractivity contribution is -0.132. The molecule has 0 aromatic rings. The molecule has 16 heavy (non-hydrogen) atoms. The number of alkyl halides is 1. The van der Waals surface area contributed by atoms with E-state index >= 15 is 0 Å². The molecule has 0 N–H and O–H groups in total. The van der Waals surface area contributed by atoms with Gasteiger partial charge in [0.2, 0.25) is 5.91 Å². The second-order valence-electron chi connectivity index (χ2n) is 4.90. The molecular formula is C12H23ClN2O. The van der Waals surface area contributed by atoms with Crippen LogP contribution in [-0.4, -0.2) is 53.8 Å². The van der Waals surface area contributed by atoms with Crippen LogP contribution in [0.2, 0.25) is 0 Å². The van der Waals surface area contributed by atoms with Crippen LogP contribution >= 0.6 is 11.6 Å². The van der Waals surface area contributed by atoms with Gasteiger partial charge < -0.3 is 9.80 Å². The van der Waals surface area contributed by atoms with Crippen LogP contribution in [0.3, 0.4) is 0 Å². The summed E-state index contributed by atoms with van der Waals surface area (Å²) in [4.78, 5) is 16.0. The Balaban J connectivity index is 2.56. The maximum absolute atomic E-state index is 11.7. The van der Waals surface area contributed by atoms with E-state index in [2.05, 4.69) is 25.8 Å². The minimum absolute atomic E-state index is 0.0866. The van der Waals surface area contributed by atoms with Crippen LogP contribution in [0.15, 0.2) is 0 Å². The summed E-state index contributed by atoms with van der Waals surface area (Å²) in [5, 5.41) is 0. The number of piperidine rings is 1. The Bertz CT molecular complexity index is 233. The number of rotatable bonds is 4. The first-order valence-corrected chi connectivity index (χ1v) is 6.65. The van der Waals surface area contributed by atoms with Gasteiger partial charge in [0.05, 0.1) is 0 Å². The highest BCUT2D eigenvalue weighted by molar-refractivity contribution is 6.27. The fourth-order valence-corrected chi connectivity index (χ4v) is 2.29. The summed E-state index contributed by atoms with van der Waals surface area (Å²) >= 11 is 5.64. The van der Waals surface area contributed by atoms with Gasteiger partial charge in [0.15, 0.2) is 0 Å². The van der Waals surface area contributed by atoms with Crippen molar-refractivity contribution in [2.24, 2.45) is 0 Å². The van der Waals surface area contributed by atoms with E-state index in [4.69, 9.17) is 11.6 Å². The van der Waals surface area contributed by atoms with Crippen molar-refractivity contribution in [2.45, 2.75) is 45.2 Å². The van der Waals surface area contributed by atoms with E-state index < -0.39 is 0 Å². The summed E-state index contributed by atoms with van der Waals surface area (Å²) in [5.41, 5.74) is 0. The standard InChI is InChI=1S/C12H23ClN2O/c1-10(2)14(3)9-11-6-4-5-7-15(11)12(16)8-13/h10-11H,4-9H2,1-3H3. The summed E-state index contributed by atoms with van der Waals surface area (Å²) in [5.74, 6) is 0.200. The van der Waals surface area contributed by atoms with Crippen molar-refractivity contribution in [2.75, 3.05) is 26.0 Å². The first kappa shape index (κ1) is 13.8. The number of likely N-dealkylation sites (tertiary alicyclic amines) is 1. The van der Waals surface area contributed by atoms with Gasteiger partial charge in [0.25, 0.3) is 0 Å². The van der Waals surface area contributed by atoms with Crippen molar-refractivity contribution in [3.8, 4) is 0 Å². The number of carbonyl (C=O) groups excluding carboxylic acids is 1. The molecule has 1 atom stereocenters. The number of hydrogen-bond donors (Lipinski definition) is 0. The number of halogens is 1. The Kier molecular flexibility index (Phi) is 5.56. The monoisotopic (exact) mass is 246 g/mol. The first-order valence-electron chi connectivity index (χ1n) is 6.12. The van der Waals surface area contributed by atoms with Crippen molar-refractivity contribution in [1.82, 2.24) is 9.80 Å². The predicted octanol–water partition coefficient (Wildman–Crippen LogP) is 1.95. The fourth-order valence-electron chi connectivity index (χ4n) is 2.14. The molecule has 0 radical (unpaired) electrons. The van der Waals surface area contributed by atoms with E-state index in [1.165, 1.54) is 6.42 Å². The molecule has 1 heterocycles. The molecule has 0 spiro atoms. The van der Waals surface area contributed by atoms with E-state index in [1.54, 1.807) is 0 Å². The van der Waals surface area contributed by atoms with E-state index in [9.17, 15) is 4.79 Å². The molecule has 1 aliphatic rings. The third-order valence-corrected chi connectivity index (χ3v) is 3.67. The van der Waals surface area contributed by atoms with Crippen LogP contribution in [0.4, 0.5) is 0 Å². The SMILES string of the molecule is CC(C)N(C)CC1CCCCN1C(=O)CCl. The van der Waals surface area contributed by atoms with E-state index in [0.717, 1.165) is 25.9 Å². The number of nitrogens with zero attached hydrogens (tertiary/aromatic N) is 2. The molecule has 0 saturated carbocycles. The summed E-state index contributed by atoms with van der Waals surface area (Å²) < 4.78 is 0. The summed E-state index contributed by atoms with van der Waals surface area (Å²) in [7, 11) is 2.11. The Hall–Kier alpha value is -0.280. The summed E-state index contributed by atoms with van der Waals surface area (Å²) in [6.45, 7) is 6.19. The highest BCUT2D eigenvalue weighted by Crippen LogP contribution is 2.18. The maximum Gasteiger partial charge on any atom is 0.237 e. The molecule has 4 heteroatoms. The molecule has 3 nitrogen and oxygen atoms in total.